The van der Waals surface area contributed by atoms with Crippen LogP contribution in [0.5, 0.6) is 5.75 Å². The molecule has 4 aromatic rings. The van der Waals surface area contributed by atoms with Gasteiger partial charge in [0.2, 0.25) is 5.82 Å². The van der Waals surface area contributed by atoms with E-state index < -0.39 is 0 Å². The lowest BCUT2D eigenvalue weighted by molar-refractivity contribution is 0.303. The Morgan fingerprint density at radius 1 is 0.893 bits per heavy atom. The van der Waals surface area contributed by atoms with E-state index in [1.807, 2.05) is 60.7 Å². The Bertz CT molecular complexity index is 1090. The van der Waals surface area contributed by atoms with E-state index in [9.17, 15) is 4.79 Å². The molecule has 0 aliphatic heterocycles. The van der Waals surface area contributed by atoms with Crippen LogP contribution in [0.1, 0.15) is 16.8 Å². The molecule has 2 aromatic heterocycles. The lowest BCUT2D eigenvalue weighted by Crippen LogP contribution is -2.12. The summed E-state index contributed by atoms with van der Waals surface area (Å²) in [5, 5.41) is 13.5. The fraction of sp³-hybridized carbons (Fsp3) is 0.143. The molecule has 0 saturated heterocycles. The Kier molecular flexibility index (Phi) is 5.24. The molecule has 7 heteroatoms. The molecule has 0 aliphatic rings. The minimum Gasteiger partial charge on any atom is -0.489 e. The van der Waals surface area contributed by atoms with Gasteiger partial charge < -0.3 is 9.72 Å². The van der Waals surface area contributed by atoms with E-state index in [4.69, 9.17) is 4.74 Å². The van der Waals surface area contributed by atoms with E-state index in [1.165, 1.54) is 0 Å². The number of tetrazole rings is 1. The predicted octanol–water partition coefficient (Wildman–Crippen LogP) is 2.92. The third kappa shape index (κ3) is 4.15. The van der Waals surface area contributed by atoms with Crippen LogP contribution in [-0.4, -0.2) is 25.6 Å². The highest BCUT2D eigenvalue weighted by Crippen LogP contribution is 2.21. The van der Waals surface area contributed by atoms with Crippen molar-refractivity contribution in [3.05, 3.63) is 93.9 Å². The van der Waals surface area contributed by atoms with Gasteiger partial charge in [0.25, 0.3) is 5.56 Å². The summed E-state index contributed by atoms with van der Waals surface area (Å²) in [6, 6.07) is 21.6. The molecular formula is C21H19N5O2. The van der Waals surface area contributed by atoms with Gasteiger partial charge in [-0.1, -0.05) is 48.5 Å². The van der Waals surface area contributed by atoms with Crippen molar-refractivity contribution >= 4 is 0 Å². The molecule has 0 spiro atoms. The first-order valence-corrected chi connectivity index (χ1v) is 9.00. The Balaban J connectivity index is 1.44. The lowest BCUT2D eigenvalue weighted by Gasteiger charge is -2.11. The van der Waals surface area contributed by atoms with E-state index >= 15 is 0 Å². The number of nitrogens with one attached hydrogen (secondary N) is 2. The zero-order chi connectivity index (χ0) is 19.2. The van der Waals surface area contributed by atoms with Crippen molar-refractivity contribution in [3.63, 3.8) is 0 Å². The summed E-state index contributed by atoms with van der Waals surface area (Å²) in [5.41, 5.74) is 3.23. The van der Waals surface area contributed by atoms with Crippen LogP contribution in [0.25, 0.3) is 11.4 Å². The lowest BCUT2D eigenvalue weighted by atomic mass is 10.1. The van der Waals surface area contributed by atoms with Gasteiger partial charge in [-0.25, -0.2) is 0 Å². The maximum Gasteiger partial charge on any atom is 0.259 e. The quantitative estimate of drug-likeness (QED) is 0.519. The molecule has 0 unspecified atom stereocenters. The Morgan fingerprint density at radius 3 is 2.50 bits per heavy atom. The van der Waals surface area contributed by atoms with Gasteiger partial charge >= 0.3 is 0 Å². The number of para-hydroxylation sites is 1. The van der Waals surface area contributed by atoms with Crippen molar-refractivity contribution in [2.75, 3.05) is 0 Å². The maximum absolute atomic E-state index is 12.3. The number of aromatic nitrogens is 5. The summed E-state index contributed by atoms with van der Waals surface area (Å²) in [6.07, 6.45) is 1.44. The van der Waals surface area contributed by atoms with Crippen molar-refractivity contribution in [3.8, 4) is 17.1 Å². The minimum atomic E-state index is -0.229. The van der Waals surface area contributed by atoms with Crippen molar-refractivity contribution in [2.24, 2.45) is 0 Å². The standard InChI is InChI=1S/C21H19N5O2/c27-21-18(20-23-25-26-24-20)13-12-17(22-21)11-10-16-8-4-5-9-19(16)28-14-15-6-2-1-3-7-15/h1-9,12-13H,10-11,14H2,(H,22,27)(H,23,24,25,26). The van der Waals surface area contributed by atoms with Crippen LogP contribution in [0.4, 0.5) is 0 Å². The normalized spacial score (nSPS) is 10.7. The number of hydrogen-bond donors (Lipinski definition) is 2. The van der Waals surface area contributed by atoms with Gasteiger partial charge in [-0.15, -0.1) is 10.2 Å². The average Bonchev–Trinajstić information content (AvgIpc) is 3.27. The maximum atomic E-state index is 12.3. The highest BCUT2D eigenvalue weighted by Gasteiger charge is 2.09. The van der Waals surface area contributed by atoms with Crippen LogP contribution in [-0.2, 0) is 19.4 Å². The molecule has 0 fully saturated rings. The van der Waals surface area contributed by atoms with Gasteiger partial charge in [-0.2, -0.15) is 5.21 Å². The number of rotatable bonds is 7. The minimum absolute atomic E-state index is 0.229. The van der Waals surface area contributed by atoms with Gasteiger partial charge in [0.05, 0.1) is 5.56 Å². The summed E-state index contributed by atoms with van der Waals surface area (Å²) in [4.78, 5) is 15.2. The van der Waals surface area contributed by atoms with E-state index in [-0.39, 0.29) is 11.4 Å². The molecule has 2 aromatic carbocycles. The molecule has 0 radical (unpaired) electrons. The number of benzene rings is 2. The highest BCUT2D eigenvalue weighted by molar-refractivity contribution is 5.51. The smallest absolute Gasteiger partial charge is 0.259 e. The van der Waals surface area contributed by atoms with Crippen LogP contribution in [0, 0.1) is 0 Å². The first kappa shape index (κ1) is 17.7. The highest BCUT2D eigenvalue weighted by atomic mass is 16.5. The van der Waals surface area contributed by atoms with Gasteiger partial charge in [0, 0.05) is 5.69 Å². The number of hydrogen-bond acceptors (Lipinski definition) is 5. The van der Waals surface area contributed by atoms with Crippen molar-refractivity contribution < 1.29 is 4.74 Å². The SMILES string of the molecule is O=c1[nH]c(CCc2ccccc2OCc2ccccc2)ccc1-c1nn[nH]n1. The molecule has 0 aliphatic carbocycles. The van der Waals surface area contributed by atoms with Gasteiger partial charge in [0.15, 0.2) is 0 Å². The number of aromatic amines is 2. The molecule has 2 heterocycles. The fourth-order valence-corrected chi connectivity index (χ4v) is 2.97. The molecule has 0 amide bonds. The van der Waals surface area contributed by atoms with E-state index in [0.29, 0.717) is 18.6 Å². The summed E-state index contributed by atoms with van der Waals surface area (Å²) < 4.78 is 6.00. The number of ether oxygens (including phenoxy) is 1. The summed E-state index contributed by atoms with van der Waals surface area (Å²) in [5.74, 6) is 1.14. The molecule has 140 valence electrons. The fourth-order valence-electron chi connectivity index (χ4n) is 2.97. The number of pyridine rings is 1. The Labute approximate surface area is 161 Å². The summed E-state index contributed by atoms with van der Waals surface area (Å²) in [6.45, 7) is 0.522. The Morgan fingerprint density at radius 2 is 1.71 bits per heavy atom. The van der Waals surface area contributed by atoms with E-state index in [2.05, 4.69) is 25.6 Å². The second kappa shape index (κ2) is 8.30. The zero-order valence-corrected chi connectivity index (χ0v) is 15.1. The van der Waals surface area contributed by atoms with E-state index in [1.54, 1.807) is 6.07 Å². The van der Waals surface area contributed by atoms with Crippen LogP contribution >= 0.6 is 0 Å². The first-order valence-electron chi connectivity index (χ1n) is 9.00. The van der Waals surface area contributed by atoms with Crippen molar-refractivity contribution in [1.82, 2.24) is 25.6 Å². The molecule has 0 saturated carbocycles. The molecule has 28 heavy (non-hydrogen) atoms. The average molecular weight is 373 g/mol. The largest absolute Gasteiger partial charge is 0.489 e. The monoisotopic (exact) mass is 373 g/mol. The van der Waals surface area contributed by atoms with Crippen LogP contribution < -0.4 is 10.3 Å². The first-order chi connectivity index (χ1) is 13.8. The zero-order valence-electron chi connectivity index (χ0n) is 15.1. The number of nitrogens with zero attached hydrogens (tertiary/aromatic N) is 3. The second-order valence-electron chi connectivity index (χ2n) is 6.34. The van der Waals surface area contributed by atoms with Crippen molar-refractivity contribution in [2.45, 2.75) is 19.4 Å². The van der Waals surface area contributed by atoms with Crippen LogP contribution in [0.15, 0.2) is 71.5 Å². The third-order valence-electron chi connectivity index (χ3n) is 4.43. The second-order valence-corrected chi connectivity index (χ2v) is 6.34. The van der Waals surface area contributed by atoms with Crippen molar-refractivity contribution in [1.29, 1.82) is 0 Å². The molecular weight excluding hydrogens is 354 g/mol. The van der Waals surface area contributed by atoms with Gasteiger partial charge in [-0.05, 0) is 47.4 Å². The summed E-state index contributed by atoms with van der Waals surface area (Å²) >= 11 is 0. The number of H-pyrrole nitrogens is 2. The molecule has 2 N–H and O–H groups in total. The van der Waals surface area contributed by atoms with Crippen LogP contribution in [0.3, 0.4) is 0 Å². The summed E-state index contributed by atoms with van der Waals surface area (Å²) in [7, 11) is 0. The third-order valence-corrected chi connectivity index (χ3v) is 4.43. The van der Waals surface area contributed by atoms with Crippen LogP contribution in [0.2, 0.25) is 0 Å². The number of aryl methyl sites for hydroxylation is 2. The molecule has 0 bridgehead atoms. The molecule has 7 nitrogen and oxygen atoms in total. The molecule has 4 rings (SSSR count). The molecule has 0 atom stereocenters. The predicted molar refractivity (Wildman–Crippen MR) is 105 cm³/mol. The Hall–Kier alpha value is -3.74. The van der Waals surface area contributed by atoms with Gasteiger partial charge in [0.1, 0.15) is 12.4 Å². The van der Waals surface area contributed by atoms with E-state index in [0.717, 1.165) is 29.0 Å². The topological polar surface area (TPSA) is 96.5 Å². The van der Waals surface area contributed by atoms with Gasteiger partial charge in [-0.3, -0.25) is 4.79 Å².